The fourth-order valence-corrected chi connectivity index (χ4v) is 1.54. The first-order chi connectivity index (χ1) is 8.25. The quantitative estimate of drug-likeness (QED) is 0.619. The summed E-state index contributed by atoms with van der Waals surface area (Å²) in [5, 5.41) is 0. The summed E-state index contributed by atoms with van der Waals surface area (Å²) in [4.78, 5) is 21.6. The van der Waals surface area contributed by atoms with Gasteiger partial charge in [0.2, 0.25) is 0 Å². The van der Waals surface area contributed by atoms with Crippen molar-refractivity contribution in [1.82, 2.24) is 0 Å². The Morgan fingerprint density at radius 1 is 1.39 bits per heavy atom. The molecule has 0 unspecified atom stereocenters. The highest BCUT2D eigenvalue weighted by molar-refractivity contribution is 5.78. The zero-order valence-electron chi connectivity index (χ0n) is 9.75. The van der Waals surface area contributed by atoms with E-state index in [0.717, 1.165) is 18.2 Å². The Morgan fingerprint density at radius 2 is 2.00 bits per heavy atom. The third-order valence-electron chi connectivity index (χ3n) is 2.32. The number of ether oxygens (including phenoxy) is 1. The molecular formula is C12H11F3O3. The first-order valence-corrected chi connectivity index (χ1v) is 5.09. The summed E-state index contributed by atoms with van der Waals surface area (Å²) < 4.78 is 42.2. The van der Waals surface area contributed by atoms with Crippen molar-refractivity contribution in [2.45, 2.75) is 26.1 Å². The Labute approximate surface area is 102 Å². The summed E-state index contributed by atoms with van der Waals surface area (Å²) in [5.74, 6) is -0.570. The van der Waals surface area contributed by atoms with Gasteiger partial charge in [0.15, 0.2) is 0 Å². The molecule has 0 aliphatic carbocycles. The second-order valence-electron chi connectivity index (χ2n) is 3.71. The van der Waals surface area contributed by atoms with E-state index in [0.29, 0.717) is 6.29 Å². The van der Waals surface area contributed by atoms with Crippen molar-refractivity contribution < 1.29 is 27.5 Å². The van der Waals surface area contributed by atoms with E-state index in [1.54, 1.807) is 0 Å². The van der Waals surface area contributed by atoms with Crippen LogP contribution in [0.15, 0.2) is 18.2 Å². The normalized spacial score (nSPS) is 12.9. The van der Waals surface area contributed by atoms with E-state index >= 15 is 0 Å². The molecule has 0 radical (unpaired) electrons. The fraction of sp³-hybridized carbons (Fsp3) is 0.333. The van der Waals surface area contributed by atoms with E-state index in [-0.39, 0.29) is 11.1 Å². The van der Waals surface area contributed by atoms with Crippen molar-refractivity contribution in [2.24, 2.45) is 0 Å². The average molecular weight is 260 g/mol. The Hall–Kier alpha value is -1.85. The van der Waals surface area contributed by atoms with Gasteiger partial charge < -0.3 is 4.74 Å². The number of hydrogen-bond donors (Lipinski definition) is 0. The van der Waals surface area contributed by atoms with Gasteiger partial charge in [0.1, 0.15) is 12.4 Å². The molecule has 0 aromatic heterocycles. The molecule has 0 aliphatic heterocycles. The molecule has 1 aromatic carbocycles. The molecule has 0 amide bonds. The third-order valence-corrected chi connectivity index (χ3v) is 2.32. The van der Waals surface area contributed by atoms with Crippen LogP contribution in [-0.2, 0) is 15.7 Å². The number of halogens is 3. The molecule has 0 heterocycles. The predicted molar refractivity (Wildman–Crippen MR) is 57.0 cm³/mol. The average Bonchev–Trinajstić information content (AvgIpc) is 2.26. The first-order valence-electron chi connectivity index (χ1n) is 5.09. The summed E-state index contributed by atoms with van der Waals surface area (Å²) in [6.45, 7) is 2.66. The van der Waals surface area contributed by atoms with Crippen LogP contribution in [0.25, 0.3) is 0 Å². The van der Waals surface area contributed by atoms with Crippen LogP contribution in [0, 0.1) is 0 Å². The monoisotopic (exact) mass is 260 g/mol. The van der Waals surface area contributed by atoms with Gasteiger partial charge in [-0.05, 0) is 19.1 Å². The van der Waals surface area contributed by atoms with Crippen LogP contribution < -0.4 is 0 Å². The molecule has 0 aliphatic rings. The van der Waals surface area contributed by atoms with E-state index in [1.807, 2.05) is 0 Å². The maximum absolute atomic E-state index is 12.4. The summed E-state index contributed by atoms with van der Waals surface area (Å²) in [5.41, 5.74) is -0.810. The standard InChI is InChI=1S/C12H11F3O3/c1-7(18-8(2)17)11-4-3-10(12(13,14)15)5-9(11)6-16/h3-7H,1-2H3/t7-/m0/s1. The van der Waals surface area contributed by atoms with Crippen LogP contribution in [0.5, 0.6) is 0 Å². The lowest BCUT2D eigenvalue weighted by molar-refractivity contribution is -0.146. The van der Waals surface area contributed by atoms with E-state index < -0.39 is 23.8 Å². The van der Waals surface area contributed by atoms with Crippen LogP contribution >= 0.6 is 0 Å². The number of carbonyl (C=O) groups is 2. The van der Waals surface area contributed by atoms with E-state index in [4.69, 9.17) is 4.74 Å². The minimum absolute atomic E-state index is 0.140. The number of rotatable bonds is 3. The lowest BCUT2D eigenvalue weighted by atomic mass is 10.0. The number of esters is 1. The topological polar surface area (TPSA) is 43.4 Å². The van der Waals surface area contributed by atoms with Crippen molar-refractivity contribution >= 4 is 12.3 Å². The van der Waals surface area contributed by atoms with Gasteiger partial charge in [0.05, 0.1) is 5.56 Å². The molecule has 3 nitrogen and oxygen atoms in total. The Kier molecular flexibility index (Phi) is 4.11. The van der Waals surface area contributed by atoms with Gasteiger partial charge in [-0.25, -0.2) is 0 Å². The van der Waals surface area contributed by atoms with Gasteiger partial charge in [0, 0.05) is 18.1 Å². The predicted octanol–water partition coefficient (Wildman–Crippen LogP) is 3.14. The van der Waals surface area contributed by atoms with Crippen molar-refractivity contribution in [1.29, 1.82) is 0 Å². The van der Waals surface area contributed by atoms with Crippen molar-refractivity contribution in [3.8, 4) is 0 Å². The fourth-order valence-electron chi connectivity index (χ4n) is 1.54. The van der Waals surface area contributed by atoms with Crippen LogP contribution in [0.2, 0.25) is 0 Å². The number of benzene rings is 1. The van der Waals surface area contributed by atoms with Crippen LogP contribution in [0.4, 0.5) is 13.2 Å². The molecular weight excluding hydrogens is 249 g/mol. The van der Waals surface area contributed by atoms with E-state index in [2.05, 4.69) is 0 Å². The Morgan fingerprint density at radius 3 is 2.44 bits per heavy atom. The first kappa shape index (κ1) is 14.2. The molecule has 18 heavy (non-hydrogen) atoms. The number of carbonyl (C=O) groups excluding carboxylic acids is 2. The molecule has 0 saturated carbocycles. The van der Waals surface area contributed by atoms with Crippen LogP contribution in [0.3, 0.4) is 0 Å². The second kappa shape index (κ2) is 5.20. The van der Waals surface area contributed by atoms with Crippen LogP contribution in [0.1, 0.15) is 41.4 Å². The zero-order valence-corrected chi connectivity index (χ0v) is 9.75. The zero-order chi connectivity index (χ0) is 13.9. The molecule has 0 N–H and O–H groups in total. The van der Waals surface area contributed by atoms with Gasteiger partial charge in [-0.1, -0.05) is 6.07 Å². The third kappa shape index (κ3) is 3.32. The SMILES string of the molecule is CC(=O)O[C@@H](C)c1ccc(C(F)(F)F)cc1C=O. The minimum atomic E-state index is -4.51. The van der Waals surface area contributed by atoms with Gasteiger partial charge in [-0.15, -0.1) is 0 Å². The van der Waals surface area contributed by atoms with Gasteiger partial charge in [0.25, 0.3) is 0 Å². The molecule has 1 aromatic rings. The van der Waals surface area contributed by atoms with Crippen molar-refractivity contribution in [2.75, 3.05) is 0 Å². The highest BCUT2D eigenvalue weighted by Gasteiger charge is 2.31. The highest BCUT2D eigenvalue weighted by Crippen LogP contribution is 2.32. The Balaban J connectivity index is 3.15. The molecule has 6 heteroatoms. The van der Waals surface area contributed by atoms with Crippen molar-refractivity contribution in [3.63, 3.8) is 0 Å². The molecule has 98 valence electrons. The van der Waals surface area contributed by atoms with Crippen molar-refractivity contribution in [3.05, 3.63) is 34.9 Å². The summed E-state index contributed by atoms with van der Waals surface area (Å²) in [6, 6.07) is 2.73. The molecule has 1 atom stereocenters. The van der Waals surface area contributed by atoms with Gasteiger partial charge in [-0.2, -0.15) is 13.2 Å². The largest absolute Gasteiger partial charge is 0.458 e. The molecule has 0 bridgehead atoms. The van der Waals surface area contributed by atoms with Crippen LogP contribution in [-0.4, -0.2) is 12.3 Å². The molecule has 0 saturated heterocycles. The number of aldehydes is 1. The Bertz CT molecular complexity index is 466. The molecule has 1 rings (SSSR count). The lowest BCUT2D eigenvalue weighted by Crippen LogP contribution is -2.10. The summed E-state index contributed by atoms with van der Waals surface area (Å²) in [6.07, 6.45) is -4.98. The summed E-state index contributed by atoms with van der Waals surface area (Å²) in [7, 11) is 0. The van der Waals surface area contributed by atoms with E-state index in [1.165, 1.54) is 13.8 Å². The lowest BCUT2D eigenvalue weighted by Gasteiger charge is -2.15. The molecule has 0 fully saturated rings. The number of hydrogen-bond acceptors (Lipinski definition) is 3. The smallest absolute Gasteiger partial charge is 0.416 e. The maximum atomic E-state index is 12.4. The minimum Gasteiger partial charge on any atom is -0.458 e. The highest BCUT2D eigenvalue weighted by atomic mass is 19.4. The van der Waals surface area contributed by atoms with E-state index in [9.17, 15) is 22.8 Å². The van der Waals surface area contributed by atoms with Gasteiger partial charge in [-0.3, -0.25) is 9.59 Å². The molecule has 0 spiro atoms. The number of alkyl halides is 3. The van der Waals surface area contributed by atoms with Gasteiger partial charge >= 0.3 is 12.1 Å². The summed E-state index contributed by atoms with van der Waals surface area (Å²) >= 11 is 0. The maximum Gasteiger partial charge on any atom is 0.416 e. The second-order valence-corrected chi connectivity index (χ2v) is 3.71.